The summed E-state index contributed by atoms with van der Waals surface area (Å²) in [4.78, 5) is 27.6. The lowest BCUT2D eigenvalue weighted by Crippen LogP contribution is -2.24. The van der Waals surface area contributed by atoms with Crippen LogP contribution in [0, 0.1) is 27.7 Å². The van der Waals surface area contributed by atoms with Crippen molar-refractivity contribution in [2.45, 2.75) is 41.2 Å². The monoisotopic (exact) mass is 444 g/mol. The number of carbonyl (C=O) groups is 2. The maximum Gasteiger partial charge on any atom is 0.340 e. The molecule has 2 aromatic heterocycles. The fourth-order valence-corrected chi connectivity index (χ4v) is 4.33. The molecule has 1 aliphatic rings. The highest BCUT2D eigenvalue weighted by atomic mass is 16.5. The summed E-state index contributed by atoms with van der Waals surface area (Å²) in [6, 6.07) is 12.0. The number of amides is 1. The van der Waals surface area contributed by atoms with Crippen LogP contribution in [0.3, 0.4) is 0 Å². The number of aromatic nitrogens is 1. The summed E-state index contributed by atoms with van der Waals surface area (Å²) >= 11 is 0. The lowest BCUT2D eigenvalue weighted by atomic mass is 10.0. The topological polar surface area (TPSA) is 64.7 Å². The third-order valence-electron chi connectivity index (χ3n) is 6.31. The number of hydrogen-bond donors (Lipinski definition) is 0. The van der Waals surface area contributed by atoms with Gasteiger partial charge in [-0.2, -0.15) is 0 Å². The van der Waals surface area contributed by atoms with Crippen molar-refractivity contribution in [3.05, 3.63) is 93.3 Å². The maximum absolute atomic E-state index is 13.4. The van der Waals surface area contributed by atoms with Gasteiger partial charge in [0.25, 0.3) is 5.91 Å². The quantitative estimate of drug-likeness (QED) is 0.402. The van der Waals surface area contributed by atoms with Gasteiger partial charge in [-0.1, -0.05) is 6.07 Å². The van der Waals surface area contributed by atoms with E-state index < -0.39 is 5.97 Å². The molecule has 0 atom stereocenters. The first-order valence-electron chi connectivity index (χ1n) is 10.8. The predicted molar refractivity (Wildman–Crippen MR) is 127 cm³/mol. The van der Waals surface area contributed by atoms with Gasteiger partial charge in [0, 0.05) is 22.8 Å². The predicted octanol–water partition coefficient (Wildman–Crippen LogP) is 5.18. The molecule has 1 amide bonds. The summed E-state index contributed by atoms with van der Waals surface area (Å²) in [6.07, 6.45) is 3.36. The van der Waals surface area contributed by atoms with Crippen molar-refractivity contribution in [2.24, 2.45) is 0 Å². The highest BCUT2D eigenvalue weighted by Gasteiger charge is 2.37. The van der Waals surface area contributed by atoms with Crippen molar-refractivity contribution in [1.82, 2.24) is 9.47 Å². The van der Waals surface area contributed by atoms with Gasteiger partial charge in [-0.3, -0.25) is 4.79 Å². The molecule has 0 unspecified atom stereocenters. The normalized spacial score (nSPS) is 15.2. The van der Waals surface area contributed by atoms with Crippen LogP contribution < -0.4 is 0 Å². The average Bonchev–Trinajstić information content (AvgIpc) is 3.45. The minimum Gasteiger partial charge on any atom is -0.467 e. The fraction of sp³-hybridized carbons (Fsp3) is 0.259. The van der Waals surface area contributed by atoms with E-state index in [0.717, 1.165) is 22.6 Å². The van der Waals surface area contributed by atoms with Crippen molar-refractivity contribution in [2.75, 3.05) is 7.11 Å². The Morgan fingerprint density at radius 1 is 1.06 bits per heavy atom. The maximum atomic E-state index is 13.4. The van der Waals surface area contributed by atoms with E-state index in [1.165, 1.54) is 18.2 Å². The number of methoxy groups -OCH3 is 1. The molecule has 3 aromatic rings. The van der Waals surface area contributed by atoms with Crippen LogP contribution in [0.25, 0.3) is 11.8 Å². The van der Waals surface area contributed by atoms with Gasteiger partial charge >= 0.3 is 5.97 Å². The SMILES string of the molecule is COC(=O)C1=C(C)N(Cc2ccco2)C(=O)C1=Cc1cc(C)n(-c2ccc(C)c(C)c2)c1C. The molecule has 33 heavy (non-hydrogen) atoms. The molecule has 6 heteroatoms. The zero-order valence-electron chi connectivity index (χ0n) is 19.9. The molecule has 1 aromatic carbocycles. The summed E-state index contributed by atoms with van der Waals surface area (Å²) in [5.41, 5.74) is 7.58. The Morgan fingerprint density at radius 2 is 1.82 bits per heavy atom. The zero-order chi connectivity index (χ0) is 23.9. The molecule has 4 rings (SSSR count). The van der Waals surface area contributed by atoms with Crippen LogP contribution in [-0.2, 0) is 20.9 Å². The smallest absolute Gasteiger partial charge is 0.340 e. The van der Waals surface area contributed by atoms with Gasteiger partial charge in [-0.15, -0.1) is 0 Å². The number of carbonyl (C=O) groups excluding carboxylic acids is 2. The zero-order valence-corrected chi connectivity index (χ0v) is 19.9. The van der Waals surface area contributed by atoms with E-state index in [2.05, 4.69) is 36.6 Å². The second-order valence-electron chi connectivity index (χ2n) is 8.41. The number of esters is 1. The van der Waals surface area contributed by atoms with Gasteiger partial charge in [-0.25, -0.2) is 4.79 Å². The number of aryl methyl sites for hydroxylation is 3. The molecule has 0 aliphatic carbocycles. The van der Waals surface area contributed by atoms with Gasteiger partial charge in [0.2, 0.25) is 0 Å². The van der Waals surface area contributed by atoms with Gasteiger partial charge in [0.05, 0.1) is 31.1 Å². The minimum absolute atomic E-state index is 0.247. The number of allylic oxidation sites excluding steroid dienone is 1. The number of furan rings is 1. The molecule has 0 saturated carbocycles. The summed E-state index contributed by atoms with van der Waals surface area (Å²) in [5, 5.41) is 0. The first-order valence-corrected chi connectivity index (χ1v) is 10.8. The van der Waals surface area contributed by atoms with E-state index in [0.29, 0.717) is 17.0 Å². The van der Waals surface area contributed by atoms with Crippen LogP contribution in [-0.4, -0.2) is 28.5 Å². The molecule has 6 nitrogen and oxygen atoms in total. The van der Waals surface area contributed by atoms with Gasteiger partial charge < -0.3 is 18.6 Å². The lowest BCUT2D eigenvalue weighted by molar-refractivity contribution is -0.136. The third-order valence-corrected chi connectivity index (χ3v) is 6.31. The number of benzene rings is 1. The van der Waals surface area contributed by atoms with Crippen LogP contribution in [0.4, 0.5) is 0 Å². The Labute approximate surface area is 193 Å². The van der Waals surface area contributed by atoms with Gasteiger partial charge in [0.1, 0.15) is 5.76 Å². The van der Waals surface area contributed by atoms with Crippen LogP contribution in [0.1, 0.15) is 40.8 Å². The fourth-order valence-electron chi connectivity index (χ4n) is 4.33. The average molecular weight is 445 g/mol. The Hall–Kier alpha value is -3.80. The second-order valence-corrected chi connectivity index (χ2v) is 8.41. The molecule has 1 aliphatic heterocycles. The summed E-state index contributed by atoms with van der Waals surface area (Å²) < 4.78 is 12.6. The molecule has 0 fully saturated rings. The van der Waals surface area contributed by atoms with Crippen molar-refractivity contribution in [3.63, 3.8) is 0 Å². The Kier molecular flexibility index (Phi) is 5.85. The molecule has 0 N–H and O–H groups in total. The van der Waals surface area contributed by atoms with E-state index in [1.54, 1.807) is 36.3 Å². The lowest BCUT2D eigenvalue weighted by Gasteiger charge is -2.16. The van der Waals surface area contributed by atoms with Crippen LogP contribution in [0.5, 0.6) is 0 Å². The van der Waals surface area contributed by atoms with E-state index in [1.807, 2.05) is 19.9 Å². The molecule has 0 radical (unpaired) electrons. The largest absolute Gasteiger partial charge is 0.467 e. The summed E-state index contributed by atoms with van der Waals surface area (Å²) in [5.74, 6) is -0.140. The standard InChI is InChI=1S/C27H28N2O4/c1-16-9-10-22(12-17(16)2)29-18(3)13-21(19(29)4)14-24-25(27(31)32-6)20(5)28(26(24)30)15-23-8-7-11-33-23/h7-14H,15H2,1-6H3. The number of hydrogen-bond acceptors (Lipinski definition) is 4. The Bertz CT molecular complexity index is 1310. The minimum atomic E-state index is -0.531. The van der Waals surface area contributed by atoms with Gasteiger partial charge in [0.15, 0.2) is 0 Å². The Morgan fingerprint density at radius 3 is 2.45 bits per heavy atom. The first-order chi connectivity index (χ1) is 15.7. The molecule has 0 spiro atoms. The van der Waals surface area contributed by atoms with Crippen molar-refractivity contribution in [3.8, 4) is 5.69 Å². The van der Waals surface area contributed by atoms with E-state index in [4.69, 9.17) is 9.15 Å². The molecule has 0 saturated heterocycles. The van der Waals surface area contributed by atoms with Crippen LogP contribution >= 0.6 is 0 Å². The van der Waals surface area contributed by atoms with Crippen LogP contribution in [0.2, 0.25) is 0 Å². The third kappa shape index (κ3) is 3.93. The molecular formula is C27H28N2O4. The van der Waals surface area contributed by atoms with Crippen molar-refractivity contribution < 1.29 is 18.7 Å². The van der Waals surface area contributed by atoms with E-state index >= 15 is 0 Å². The van der Waals surface area contributed by atoms with E-state index in [9.17, 15) is 9.59 Å². The van der Waals surface area contributed by atoms with Crippen molar-refractivity contribution in [1.29, 1.82) is 0 Å². The molecule has 0 bridgehead atoms. The van der Waals surface area contributed by atoms with Crippen molar-refractivity contribution >= 4 is 18.0 Å². The molecule has 3 heterocycles. The highest BCUT2D eigenvalue weighted by Crippen LogP contribution is 2.34. The highest BCUT2D eigenvalue weighted by molar-refractivity contribution is 6.16. The molecule has 170 valence electrons. The van der Waals surface area contributed by atoms with Gasteiger partial charge in [-0.05, 0) is 87.7 Å². The second kappa shape index (κ2) is 8.62. The number of rotatable bonds is 5. The molecular weight excluding hydrogens is 416 g/mol. The first kappa shape index (κ1) is 22.4. The summed E-state index contributed by atoms with van der Waals surface area (Å²) in [6.45, 7) is 10.2. The Balaban J connectivity index is 1.79. The van der Waals surface area contributed by atoms with E-state index in [-0.39, 0.29) is 18.0 Å². The number of ether oxygens (including phenoxy) is 1. The summed E-state index contributed by atoms with van der Waals surface area (Å²) in [7, 11) is 1.32. The van der Waals surface area contributed by atoms with Crippen LogP contribution in [0.15, 0.2) is 63.9 Å². The number of nitrogens with zero attached hydrogens (tertiary/aromatic N) is 2.